The molecule has 1 N–H and O–H groups in total. The van der Waals surface area contributed by atoms with Gasteiger partial charge in [0.05, 0.1) is 7.11 Å². The van der Waals surface area contributed by atoms with Crippen molar-refractivity contribution in [3.63, 3.8) is 0 Å². The number of amides is 1. The number of hydrogen-bond acceptors (Lipinski definition) is 7. The van der Waals surface area contributed by atoms with Gasteiger partial charge in [0.15, 0.2) is 22.8 Å². The second-order valence-corrected chi connectivity index (χ2v) is 8.66. The molecule has 1 atom stereocenters. The van der Waals surface area contributed by atoms with E-state index in [2.05, 4.69) is 25.3 Å². The lowest BCUT2D eigenvalue weighted by molar-refractivity contribution is -0.158. The largest absolute Gasteiger partial charge is 0.479 e. The van der Waals surface area contributed by atoms with E-state index in [9.17, 15) is 18.0 Å². The molecule has 2 fully saturated rings. The molecular formula is C22H24F3N7O2. The summed E-state index contributed by atoms with van der Waals surface area (Å²) in [6.07, 6.45) is 2.83. The molecule has 34 heavy (non-hydrogen) atoms. The SMILES string of the molecule is CCn1c(-c2cnc(OC)c(F)c2)nc2c(NC3CCN(C(=O)C4CC(F)(F)C4)C3)ncnc21. The Labute approximate surface area is 193 Å². The molecule has 1 aliphatic heterocycles. The first-order valence-corrected chi connectivity index (χ1v) is 11.1. The molecule has 9 nitrogen and oxygen atoms in total. The zero-order chi connectivity index (χ0) is 24.0. The Morgan fingerprint density at radius 3 is 2.76 bits per heavy atom. The molecule has 1 amide bonds. The fourth-order valence-electron chi connectivity index (χ4n) is 4.63. The normalized spacial score (nSPS) is 19.9. The number of hydrogen-bond donors (Lipinski definition) is 1. The van der Waals surface area contributed by atoms with E-state index in [0.717, 1.165) is 0 Å². The monoisotopic (exact) mass is 475 g/mol. The number of methoxy groups -OCH3 is 1. The van der Waals surface area contributed by atoms with Gasteiger partial charge in [0.25, 0.3) is 0 Å². The highest BCUT2D eigenvalue weighted by molar-refractivity contribution is 5.86. The minimum Gasteiger partial charge on any atom is -0.479 e. The van der Waals surface area contributed by atoms with Gasteiger partial charge in [0.2, 0.25) is 17.7 Å². The van der Waals surface area contributed by atoms with Gasteiger partial charge in [-0.15, -0.1) is 0 Å². The first-order valence-electron chi connectivity index (χ1n) is 11.1. The van der Waals surface area contributed by atoms with Gasteiger partial charge in [-0.05, 0) is 19.4 Å². The van der Waals surface area contributed by atoms with Crippen molar-refractivity contribution in [3.05, 3.63) is 24.4 Å². The van der Waals surface area contributed by atoms with Crippen LogP contribution in [0.4, 0.5) is 19.0 Å². The van der Waals surface area contributed by atoms with E-state index >= 15 is 0 Å². The van der Waals surface area contributed by atoms with Gasteiger partial charge < -0.3 is 19.5 Å². The Balaban J connectivity index is 1.38. The molecule has 3 aromatic heterocycles. The number of aromatic nitrogens is 5. The van der Waals surface area contributed by atoms with Gasteiger partial charge in [-0.2, -0.15) is 0 Å². The number of carbonyl (C=O) groups excluding carboxylic acids is 1. The predicted octanol–water partition coefficient (Wildman–Crippen LogP) is 3.11. The second-order valence-electron chi connectivity index (χ2n) is 8.66. The minimum absolute atomic E-state index is 0.0991. The fourth-order valence-corrected chi connectivity index (χ4v) is 4.63. The van der Waals surface area contributed by atoms with E-state index in [1.54, 1.807) is 4.90 Å². The van der Waals surface area contributed by atoms with Crippen molar-refractivity contribution < 1.29 is 22.7 Å². The molecule has 1 saturated heterocycles. The third-order valence-electron chi connectivity index (χ3n) is 6.39. The van der Waals surface area contributed by atoms with Crippen LogP contribution >= 0.6 is 0 Å². The Morgan fingerprint density at radius 2 is 2.09 bits per heavy atom. The van der Waals surface area contributed by atoms with Crippen molar-refractivity contribution in [2.45, 2.75) is 44.7 Å². The van der Waals surface area contributed by atoms with E-state index in [4.69, 9.17) is 4.74 Å². The van der Waals surface area contributed by atoms with Crippen LogP contribution in [0.5, 0.6) is 5.88 Å². The molecule has 0 radical (unpaired) electrons. The topological polar surface area (TPSA) is 98.1 Å². The number of ether oxygens (including phenoxy) is 1. The van der Waals surface area contributed by atoms with Gasteiger partial charge >= 0.3 is 0 Å². The molecule has 1 aliphatic carbocycles. The van der Waals surface area contributed by atoms with Crippen LogP contribution in [-0.4, -0.2) is 67.5 Å². The molecule has 3 aromatic rings. The maximum absolute atomic E-state index is 14.3. The van der Waals surface area contributed by atoms with Crippen LogP contribution in [0.1, 0.15) is 26.2 Å². The first kappa shape index (κ1) is 22.4. The summed E-state index contributed by atoms with van der Waals surface area (Å²) in [5, 5.41) is 3.33. The number of nitrogens with zero attached hydrogens (tertiary/aromatic N) is 6. The van der Waals surface area contributed by atoms with Crippen LogP contribution in [-0.2, 0) is 11.3 Å². The Hall–Kier alpha value is -3.44. The van der Waals surface area contributed by atoms with Crippen molar-refractivity contribution in [2.24, 2.45) is 5.92 Å². The molecule has 0 aromatic carbocycles. The molecule has 12 heteroatoms. The number of anilines is 1. The molecule has 180 valence electrons. The molecular weight excluding hydrogens is 451 g/mol. The van der Waals surface area contributed by atoms with Crippen molar-refractivity contribution >= 4 is 22.9 Å². The number of nitrogens with one attached hydrogen (secondary N) is 1. The summed E-state index contributed by atoms with van der Waals surface area (Å²) in [5.74, 6) is -3.24. The lowest BCUT2D eigenvalue weighted by Gasteiger charge is -2.36. The number of likely N-dealkylation sites (tertiary alicyclic amines) is 1. The second kappa shape index (κ2) is 8.41. The number of alkyl halides is 2. The van der Waals surface area contributed by atoms with Gasteiger partial charge in [0, 0.05) is 56.2 Å². The third kappa shape index (κ3) is 3.90. The summed E-state index contributed by atoms with van der Waals surface area (Å²) >= 11 is 0. The highest BCUT2D eigenvalue weighted by Gasteiger charge is 2.50. The number of imidazole rings is 1. The van der Waals surface area contributed by atoms with Crippen LogP contribution in [0.15, 0.2) is 18.6 Å². The van der Waals surface area contributed by atoms with E-state index in [-0.39, 0.29) is 30.7 Å². The fraction of sp³-hybridized carbons (Fsp3) is 0.500. The van der Waals surface area contributed by atoms with Gasteiger partial charge in [-0.25, -0.2) is 33.1 Å². The Bertz CT molecular complexity index is 1240. The summed E-state index contributed by atoms with van der Waals surface area (Å²) in [5.41, 5.74) is 1.56. The smallest absolute Gasteiger partial charge is 0.250 e. The minimum atomic E-state index is -2.72. The van der Waals surface area contributed by atoms with Gasteiger partial charge in [0.1, 0.15) is 12.2 Å². The Kier molecular flexibility index (Phi) is 5.53. The molecule has 1 unspecified atom stereocenters. The maximum Gasteiger partial charge on any atom is 0.250 e. The average Bonchev–Trinajstić information content (AvgIpc) is 3.42. The van der Waals surface area contributed by atoms with Crippen molar-refractivity contribution in [3.8, 4) is 17.3 Å². The zero-order valence-corrected chi connectivity index (χ0v) is 18.8. The summed E-state index contributed by atoms with van der Waals surface area (Å²) in [6, 6.07) is 1.21. The quantitative estimate of drug-likeness (QED) is 0.585. The number of aryl methyl sites for hydroxylation is 1. The van der Waals surface area contributed by atoms with Crippen LogP contribution in [0.25, 0.3) is 22.6 Å². The molecule has 0 spiro atoms. The van der Waals surface area contributed by atoms with E-state index < -0.39 is 17.7 Å². The Morgan fingerprint density at radius 1 is 1.29 bits per heavy atom. The lowest BCUT2D eigenvalue weighted by Crippen LogP contribution is -2.46. The highest BCUT2D eigenvalue weighted by Crippen LogP contribution is 2.43. The summed E-state index contributed by atoms with van der Waals surface area (Å²) in [6.45, 7) is 3.37. The first-order chi connectivity index (χ1) is 16.3. The van der Waals surface area contributed by atoms with Crippen LogP contribution in [0.2, 0.25) is 0 Å². The van der Waals surface area contributed by atoms with Crippen molar-refractivity contribution in [2.75, 3.05) is 25.5 Å². The number of pyridine rings is 1. The zero-order valence-electron chi connectivity index (χ0n) is 18.8. The molecule has 4 heterocycles. The number of halogens is 3. The van der Waals surface area contributed by atoms with E-state index in [1.807, 2.05) is 11.5 Å². The van der Waals surface area contributed by atoms with Gasteiger partial charge in [-0.3, -0.25) is 4.79 Å². The van der Waals surface area contributed by atoms with E-state index in [1.165, 1.54) is 25.7 Å². The molecule has 5 rings (SSSR count). The predicted molar refractivity (Wildman–Crippen MR) is 117 cm³/mol. The van der Waals surface area contributed by atoms with E-state index in [0.29, 0.717) is 54.4 Å². The number of carbonyl (C=O) groups is 1. The third-order valence-corrected chi connectivity index (χ3v) is 6.39. The maximum atomic E-state index is 14.3. The number of fused-ring (bicyclic) bond motifs is 1. The average molecular weight is 475 g/mol. The summed E-state index contributed by atoms with van der Waals surface area (Å²) in [4.78, 5) is 31.5. The molecule has 2 aliphatic rings. The molecule has 0 bridgehead atoms. The summed E-state index contributed by atoms with van der Waals surface area (Å²) < 4.78 is 47.3. The van der Waals surface area contributed by atoms with Crippen LogP contribution < -0.4 is 10.1 Å². The molecule has 1 saturated carbocycles. The highest BCUT2D eigenvalue weighted by atomic mass is 19.3. The van der Waals surface area contributed by atoms with Gasteiger partial charge in [-0.1, -0.05) is 0 Å². The lowest BCUT2D eigenvalue weighted by atomic mass is 9.80. The van der Waals surface area contributed by atoms with Crippen molar-refractivity contribution in [1.29, 1.82) is 0 Å². The van der Waals surface area contributed by atoms with Crippen molar-refractivity contribution in [1.82, 2.24) is 29.4 Å². The number of rotatable bonds is 6. The van der Waals surface area contributed by atoms with Crippen LogP contribution in [0.3, 0.4) is 0 Å². The summed E-state index contributed by atoms with van der Waals surface area (Å²) in [7, 11) is 1.35. The standard InChI is InChI=1S/C22H24F3N7O2/c1-3-32-18(12-6-15(23)20(34-2)26-9-12)30-16-17(27-11-28-19(16)32)29-14-4-5-31(10-14)21(33)13-7-22(24,25)8-13/h6,9,11,13-14H,3-5,7-8,10H2,1-2H3,(H,27,28,29). The van der Waals surface area contributed by atoms with Crippen LogP contribution in [0, 0.1) is 11.7 Å².